The van der Waals surface area contributed by atoms with Crippen LogP contribution in [0.25, 0.3) is 0 Å². The second-order valence-electron chi connectivity index (χ2n) is 5.70. The molecule has 2 amide bonds. The average molecular weight is 318 g/mol. The van der Waals surface area contributed by atoms with Crippen LogP contribution in [0.3, 0.4) is 0 Å². The highest BCUT2D eigenvalue weighted by Gasteiger charge is 2.14. The topological polar surface area (TPSA) is 108 Å². The molecule has 0 saturated carbocycles. The number of hydrogen-bond acceptors (Lipinski definition) is 6. The summed E-state index contributed by atoms with van der Waals surface area (Å²) in [5.41, 5.74) is 2.03. The van der Waals surface area contributed by atoms with Crippen LogP contribution in [0.15, 0.2) is 20.4 Å². The van der Waals surface area contributed by atoms with E-state index in [0.29, 0.717) is 24.5 Å². The number of unbranched alkanes of at least 4 members (excludes halogenated alkanes) is 2. The van der Waals surface area contributed by atoms with Gasteiger partial charge in [0.15, 0.2) is 0 Å². The van der Waals surface area contributed by atoms with Crippen molar-refractivity contribution >= 4 is 34.9 Å². The van der Waals surface area contributed by atoms with E-state index in [2.05, 4.69) is 31.0 Å². The van der Waals surface area contributed by atoms with E-state index in [1.54, 1.807) is 0 Å². The van der Waals surface area contributed by atoms with E-state index < -0.39 is 0 Å². The predicted molar refractivity (Wildman–Crippen MR) is 89.7 cm³/mol. The first-order valence-electron chi connectivity index (χ1n) is 7.82. The van der Waals surface area contributed by atoms with Gasteiger partial charge in [0.1, 0.15) is 11.7 Å². The lowest BCUT2D eigenvalue weighted by atomic mass is 10.0. The summed E-state index contributed by atoms with van der Waals surface area (Å²) in [5, 5.41) is 21.4. The van der Waals surface area contributed by atoms with Gasteiger partial charge in [0.25, 0.3) is 0 Å². The van der Waals surface area contributed by atoms with Gasteiger partial charge in [0.2, 0.25) is 11.8 Å². The third kappa shape index (κ3) is 6.09. The van der Waals surface area contributed by atoms with E-state index in [0.717, 1.165) is 43.5 Å². The average Bonchev–Trinajstić information content (AvgIpc) is 3.07. The molecule has 8 heteroatoms. The molecule has 2 heterocycles. The molecule has 2 N–H and O–H groups in total. The number of carbonyl (C=O) groups is 2. The number of nitrogens with one attached hydrogen (secondary N) is 2. The molecule has 8 nitrogen and oxygen atoms in total. The van der Waals surface area contributed by atoms with Gasteiger partial charge in [-0.25, -0.2) is 0 Å². The van der Waals surface area contributed by atoms with Gasteiger partial charge in [-0.05, 0) is 25.7 Å². The summed E-state index contributed by atoms with van der Waals surface area (Å²) in [6.45, 7) is 2.93. The SMILES string of the molecule is CC(=O)NC1=NN=C(CCCCCC2=NN=C(NC(C)=O)C2)C1. The van der Waals surface area contributed by atoms with E-state index in [1.165, 1.54) is 13.8 Å². The summed E-state index contributed by atoms with van der Waals surface area (Å²) in [5.74, 6) is 1.04. The van der Waals surface area contributed by atoms with Crippen molar-refractivity contribution in [2.24, 2.45) is 20.4 Å². The zero-order valence-corrected chi connectivity index (χ0v) is 13.6. The summed E-state index contributed by atoms with van der Waals surface area (Å²) in [6, 6.07) is 0. The molecule has 0 spiro atoms. The molecule has 2 aliphatic rings. The Bertz CT molecular complexity index is 551. The number of amides is 2. The summed E-state index contributed by atoms with van der Waals surface area (Å²) in [4.78, 5) is 21.9. The largest absolute Gasteiger partial charge is 0.313 e. The molecule has 0 bridgehead atoms. The van der Waals surface area contributed by atoms with Crippen molar-refractivity contribution in [1.82, 2.24) is 10.6 Å². The lowest BCUT2D eigenvalue weighted by Crippen LogP contribution is -2.27. The minimum Gasteiger partial charge on any atom is -0.313 e. The minimum absolute atomic E-state index is 0.113. The Labute approximate surface area is 135 Å². The van der Waals surface area contributed by atoms with Gasteiger partial charge in [0, 0.05) is 38.1 Å². The third-order valence-electron chi connectivity index (χ3n) is 3.44. The van der Waals surface area contributed by atoms with E-state index in [-0.39, 0.29) is 11.8 Å². The lowest BCUT2D eigenvalue weighted by molar-refractivity contribution is -0.118. The normalized spacial score (nSPS) is 16.4. The molecule has 0 aromatic rings. The monoisotopic (exact) mass is 318 g/mol. The Morgan fingerprint density at radius 2 is 1.22 bits per heavy atom. The molecule has 0 aromatic carbocycles. The standard InChI is InChI=1S/C15H22N6O2/c1-10(22)16-14-8-12(18-20-14)6-4-3-5-7-13-9-15(21-19-13)17-11(2)23/h3-9H2,1-2H3,(H,16,20,22)(H,17,21,23). The maximum absolute atomic E-state index is 10.9. The zero-order valence-electron chi connectivity index (χ0n) is 13.6. The molecule has 0 aromatic heterocycles. The van der Waals surface area contributed by atoms with Gasteiger partial charge in [0.05, 0.1) is 0 Å². The molecule has 0 radical (unpaired) electrons. The van der Waals surface area contributed by atoms with Crippen molar-refractivity contribution in [3.8, 4) is 0 Å². The van der Waals surface area contributed by atoms with Crippen molar-refractivity contribution < 1.29 is 9.59 Å². The van der Waals surface area contributed by atoms with Crippen molar-refractivity contribution in [2.75, 3.05) is 0 Å². The van der Waals surface area contributed by atoms with Crippen LogP contribution in [0.1, 0.15) is 58.8 Å². The fraction of sp³-hybridized carbons (Fsp3) is 0.600. The molecule has 0 atom stereocenters. The number of amidine groups is 2. The summed E-state index contributed by atoms with van der Waals surface area (Å²) in [6.07, 6.45) is 6.21. The Morgan fingerprint density at radius 3 is 1.61 bits per heavy atom. The number of hydrogen-bond donors (Lipinski definition) is 2. The maximum atomic E-state index is 10.9. The van der Waals surface area contributed by atoms with Crippen molar-refractivity contribution in [2.45, 2.75) is 58.8 Å². The second-order valence-corrected chi connectivity index (χ2v) is 5.70. The summed E-state index contributed by atoms with van der Waals surface area (Å²) >= 11 is 0. The van der Waals surface area contributed by atoms with Gasteiger partial charge in [-0.15, -0.1) is 10.2 Å². The molecule has 0 aliphatic carbocycles. The second kappa shape index (κ2) is 8.30. The Kier molecular flexibility index (Phi) is 6.13. The van der Waals surface area contributed by atoms with Crippen LogP contribution in [0.5, 0.6) is 0 Å². The Hall–Kier alpha value is -2.38. The Morgan fingerprint density at radius 1 is 0.783 bits per heavy atom. The third-order valence-corrected chi connectivity index (χ3v) is 3.44. The van der Waals surface area contributed by atoms with Gasteiger partial charge < -0.3 is 10.6 Å². The van der Waals surface area contributed by atoms with Gasteiger partial charge in [-0.2, -0.15) is 10.2 Å². The minimum atomic E-state index is -0.113. The summed E-state index contributed by atoms with van der Waals surface area (Å²) in [7, 11) is 0. The van der Waals surface area contributed by atoms with Crippen LogP contribution in [0.2, 0.25) is 0 Å². The van der Waals surface area contributed by atoms with Crippen LogP contribution in [-0.4, -0.2) is 34.9 Å². The van der Waals surface area contributed by atoms with Crippen LogP contribution < -0.4 is 10.6 Å². The molecule has 0 unspecified atom stereocenters. The zero-order chi connectivity index (χ0) is 16.7. The summed E-state index contributed by atoms with van der Waals surface area (Å²) < 4.78 is 0. The predicted octanol–water partition coefficient (Wildman–Crippen LogP) is 1.53. The molecule has 2 rings (SSSR count). The lowest BCUT2D eigenvalue weighted by Gasteiger charge is -2.03. The highest BCUT2D eigenvalue weighted by Crippen LogP contribution is 2.13. The van der Waals surface area contributed by atoms with Crippen LogP contribution >= 0.6 is 0 Å². The highest BCUT2D eigenvalue weighted by molar-refractivity contribution is 6.11. The number of nitrogens with zero attached hydrogens (tertiary/aromatic N) is 4. The Balaban J connectivity index is 1.52. The van der Waals surface area contributed by atoms with E-state index >= 15 is 0 Å². The fourth-order valence-corrected chi connectivity index (χ4v) is 2.45. The molecular weight excluding hydrogens is 296 g/mol. The first kappa shape index (κ1) is 17.0. The van der Waals surface area contributed by atoms with Gasteiger partial charge >= 0.3 is 0 Å². The quantitative estimate of drug-likeness (QED) is 0.724. The van der Waals surface area contributed by atoms with Crippen molar-refractivity contribution in [3.05, 3.63) is 0 Å². The highest BCUT2D eigenvalue weighted by atomic mass is 16.2. The van der Waals surface area contributed by atoms with E-state index in [1.807, 2.05) is 0 Å². The molecule has 2 aliphatic heterocycles. The van der Waals surface area contributed by atoms with Crippen molar-refractivity contribution in [1.29, 1.82) is 0 Å². The van der Waals surface area contributed by atoms with Crippen LogP contribution in [0.4, 0.5) is 0 Å². The van der Waals surface area contributed by atoms with Crippen molar-refractivity contribution in [3.63, 3.8) is 0 Å². The molecule has 23 heavy (non-hydrogen) atoms. The first-order valence-corrected chi connectivity index (χ1v) is 7.82. The molecule has 0 saturated heterocycles. The fourth-order valence-electron chi connectivity index (χ4n) is 2.45. The smallest absolute Gasteiger partial charge is 0.222 e. The molecular formula is C15H22N6O2. The number of rotatable bonds is 6. The van der Waals surface area contributed by atoms with Gasteiger partial charge in [-0.3, -0.25) is 9.59 Å². The van der Waals surface area contributed by atoms with E-state index in [9.17, 15) is 9.59 Å². The van der Waals surface area contributed by atoms with Crippen LogP contribution in [0, 0.1) is 0 Å². The molecule has 0 fully saturated rings. The van der Waals surface area contributed by atoms with E-state index in [4.69, 9.17) is 0 Å². The first-order chi connectivity index (χ1) is 11.0. The number of carbonyl (C=O) groups excluding carboxylic acids is 2. The maximum Gasteiger partial charge on any atom is 0.222 e. The molecule has 124 valence electrons. The van der Waals surface area contributed by atoms with Gasteiger partial charge in [-0.1, -0.05) is 6.42 Å². The van der Waals surface area contributed by atoms with Crippen LogP contribution in [-0.2, 0) is 9.59 Å².